The van der Waals surface area contributed by atoms with Crippen LogP contribution >= 0.6 is 0 Å². The van der Waals surface area contributed by atoms with E-state index in [9.17, 15) is 18.0 Å². The van der Waals surface area contributed by atoms with Gasteiger partial charge in [0, 0.05) is 6.54 Å². The third-order valence-electron chi connectivity index (χ3n) is 5.69. The van der Waals surface area contributed by atoms with Gasteiger partial charge in [0.2, 0.25) is 10.0 Å². The van der Waals surface area contributed by atoms with E-state index in [0.717, 1.165) is 44.2 Å². The van der Waals surface area contributed by atoms with Crippen molar-refractivity contribution in [3.05, 3.63) is 46.1 Å². The van der Waals surface area contributed by atoms with Gasteiger partial charge in [-0.1, -0.05) is 12.1 Å². The van der Waals surface area contributed by atoms with E-state index in [1.807, 2.05) is 0 Å². The molecule has 0 aliphatic carbocycles. The Labute approximate surface area is 188 Å². The largest absolute Gasteiger partial charge is 0.468 e. The van der Waals surface area contributed by atoms with Crippen LogP contribution < -0.4 is 15.7 Å². The number of carbonyl (C=O) groups excluding carboxylic acids is 1. The van der Waals surface area contributed by atoms with Crippen LogP contribution in [0.4, 0.5) is 0 Å². The van der Waals surface area contributed by atoms with Gasteiger partial charge in [-0.15, -0.1) is 0 Å². The van der Waals surface area contributed by atoms with Gasteiger partial charge in [-0.2, -0.15) is 5.10 Å². The van der Waals surface area contributed by atoms with E-state index in [2.05, 4.69) is 15.1 Å². The normalized spacial score (nSPS) is 16.1. The summed E-state index contributed by atoms with van der Waals surface area (Å²) in [6.07, 6.45) is 4.29. The number of methoxy groups -OCH3 is 1. The van der Waals surface area contributed by atoms with Crippen molar-refractivity contribution in [2.45, 2.75) is 45.2 Å². The molecule has 0 amide bonds. The molecule has 1 atom stereocenters. The Morgan fingerprint density at radius 3 is 2.53 bits per heavy atom. The molecule has 1 aromatic heterocycles. The molecule has 0 bridgehead atoms. The van der Waals surface area contributed by atoms with Crippen molar-refractivity contribution in [2.24, 2.45) is 5.92 Å². The minimum absolute atomic E-state index is 0.128. The van der Waals surface area contributed by atoms with E-state index in [4.69, 9.17) is 4.74 Å². The predicted octanol–water partition coefficient (Wildman–Crippen LogP) is 0.365. The van der Waals surface area contributed by atoms with Gasteiger partial charge in [0.1, 0.15) is 11.9 Å². The molecule has 0 spiro atoms. The molecule has 1 fully saturated rings. The Balaban J connectivity index is 1.73. The summed E-state index contributed by atoms with van der Waals surface area (Å²) < 4.78 is 33.2. The Bertz CT molecular complexity index is 1080. The topological polar surface area (TPSA) is 124 Å². The number of piperidine rings is 1. The van der Waals surface area contributed by atoms with Crippen LogP contribution in [-0.4, -0.2) is 61.2 Å². The lowest BCUT2D eigenvalue weighted by Gasteiger charge is -2.22. The minimum Gasteiger partial charge on any atom is -0.468 e. The Hall–Kier alpha value is -2.50. The fraction of sp³-hybridized carbons (Fsp3) is 0.571. The van der Waals surface area contributed by atoms with Crippen LogP contribution in [0, 0.1) is 12.8 Å². The summed E-state index contributed by atoms with van der Waals surface area (Å²) in [6, 6.07) is 6.01. The first-order valence-corrected chi connectivity index (χ1v) is 12.6. The molecule has 0 radical (unpaired) electrons. The molecule has 32 heavy (non-hydrogen) atoms. The van der Waals surface area contributed by atoms with Crippen LogP contribution in [-0.2, 0) is 32.5 Å². The zero-order valence-electron chi connectivity index (χ0n) is 18.7. The zero-order chi connectivity index (χ0) is 23.3. The average molecular weight is 466 g/mol. The number of aromatic nitrogens is 3. The molecular weight excluding hydrogens is 434 g/mol. The lowest BCUT2D eigenvalue weighted by molar-refractivity contribution is -0.142. The molecule has 11 heteroatoms. The highest BCUT2D eigenvalue weighted by Gasteiger charge is 2.23. The summed E-state index contributed by atoms with van der Waals surface area (Å²) in [5.74, 6) is 0.539. The summed E-state index contributed by atoms with van der Waals surface area (Å²) in [6.45, 7) is 4.43. The number of nitrogens with zero attached hydrogens (tertiary/aromatic N) is 3. The fourth-order valence-corrected chi connectivity index (χ4v) is 4.72. The van der Waals surface area contributed by atoms with E-state index in [-0.39, 0.29) is 12.1 Å². The van der Waals surface area contributed by atoms with Crippen LogP contribution in [0.15, 0.2) is 29.1 Å². The van der Waals surface area contributed by atoms with Gasteiger partial charge < -0.3 is 10.1 Å². The molecule has 3 rings (SSSR count). The number of carbonyl (C=O) groups is 1. The van der Waals surface area contributed by atoms with Crippen molar-refractivity contribution >= 4 is 16.0 Å². The van der Waals surface area contributed by atoms with Crippen molar-refractivity contribution in [3.63, 3.8) is 0 Å². The van der Waals surface area contributed by atoms with Gasteiger partial charge in [0.05, 0.1) is 19.1 Å². The molecule has 2 aromatic rings. The van der Waals surface area contributed by atoms with E-state index < -0.39 is 22.0 Å². The van der Waals surface area contributed by atoms with Gasteiger partial charge in [0.25, 0.3) is 0 Å². The second-order valence-corrected chi connectivity index (χ2v) is 9.99. The van der Waals surface area contributed by atoms with Crippen molar-refractivity contribution in [3.8, 4) is 5.69 Å². The number of benzene rings is 1. The van der Waals surface area contributed by atoms with Crippen LogP contribution in [0.3, 0.4) is 0 Å². The van der Waals surface area contributed by atoms with Crippen molar-refractivity contribution in [2.75, 3.05) is 26.5 Å². The molecule has 10 nitrogen and oxygen atoms in total. The molecule has 2 N–H and O–H groups in total. The first-order valence-electron chi connectivity index (χ1n) is 10.7. The van der Waals surface area contributed by atoms with E-state index in [0.29, 0.717) is 24.0 Å². The number of ether oxygens (including phenoxy) is 1. The molecule has 176 valence electrons. The monoisotopic (exact) mass is 465 g/mol. The van der Waals surface area contributed by atoms with Gasteiger partial charge in [-0.25, -0.2) is 27.2 Å². The lowest BCUT2D eigenvalue weighted by atomic mass is 9.95. The first-order chi connectivity index (χ1) is 15.2. The Morgan fingerprint density at radius 2 is 1.94 bits per heavy atom. The summed E-state index contributed by atoms with van der Waals surface area (Å²) >= 11 is 0. The van der Waals surface area contributed by atoms with Crippen LogP contribution in [0.2, 0.25) is 0 Å². The maximum atomic E-state index is 12.9. The van der Waals surface area contributed by atoms with Crippen molar-refractivity contribution in [1.82, 2.24) is 24.4 Å². The highest BCUT2D eigenvalue weighted by atomic mass is 32.2. The molecule has 1 unspecified atom stereocenters. The third kappa shape index (κ3) is 6.27. The number of aryl methyl sites for hydroxylation is 2. The minimum atomic E-state index is -3.58. The maximum absolute atomic E-state index is 12.9. The number of hydrogen-bond acceptors (Lipinski definition) is 7. The molecule has 1 saturated heterocycles. The smallest absolute Gasteiger partial charge is 0.350 e. The molecule has 1 aromatic carbocycles. The molecule has 1 aliphatic heterocycles. The lowest BCUT2D eigenvalue weighted by Crippen LogP contribution is -2.42. The maximum Gasteiger partial charge on any atom is 0.350 e. The molecule has 0 saturated carbocycles. The fourth-order valence-electron chi connectivity index (χ4n) is 4.02. The summed E-state index contributed by atoms with van der Waals surface area (Å²) in [5, 5.41) is 7.78. The standard InChI is InChI=1S/C21H31N5O5S/c1-15-23-25(13-10-16-8-11-22-12-9-16)21(28)26(15)18-6-4-17(5-7-18)14-19(20(27)31-2)24-32(3,29)30/h4-7,16,19,22,24H,8-14H2,1-3H3. The van der Waals surface area contributed by atoms with E-state index in [1.54, 1.807) is 35.8 Å². The van der Waals surface area contributed by atoms with Crippen LogP contribution in [0.1, 0.15) is 30.7 Å². The molecular formula is C21H31N5O5S. The van der Waals surface area contributed by atoms with E-state index in [1.165, 1.54) is 11.8 Å². The third-order valence-corrected chi connectivity index (χ3v) is 6.40. The Morgan fingerprint density at radius 1 is 1.28 bits per heavy atom. The first kappa shape index (κ1) is 24.1. The number of esters is 1. The average Bonchev–Trinajstić information content (AvgIpc) is 3.04. The second-order valence-electron chi connectivity index (χ2n) is 8.21. The molecule has 2 heterocycles. The van der Waals surface area contributed by atoms with Crippen molar-refractivity contribution in [1.29, 1.82) is 0 Å². The van der Waals surface area contributed by atoms with Gasteiger partial charge in [-0.05, 0) is 69.3 Å². The quantitative estimate of drug-likeness (QED) is 0.513. The molecule has 1 aliphatic rings. The zero-order valence-corrected chi connectivity index (χ0v) is 19.5. The summed E-state index contributed by atoms with van der Waals surface area (Å²) in [5.41, 5.74) is 1.20. The van der Waals surface area contributed by atoms with Crippen LogP contribution in [0.5, 0.6) is 0 Å². The number of hydrogen-bond donors (Lipinski definition) is 2. The number of nitrogens with one attached hydrogen (secondary N) is 2. The Kier molecular flexibility index (Phi) is 7.86. The van der Waals surface area contributed by atoms with Gasteiger partial charge in [0.15, 0.2) is 0 Å². The second kappa shape index (κ2) is 10.4. The summed E-state index contributed by atoms with van der Waals surface area (Å²) in [7, 11) is -2.37. The van der Waals surface area contributed by atoms with Crippen LogP contribution in [0.25, 0.3) is 5.69 Å². The van der Waals surface area contributed by atoms with E-state index >= 15 is 0 Å². The number of rotatable bonds is 9. The highest BCUT2D eigenvalue weighted by Crippen LogP contribution is 2.17. The predicted molar refractivity (Wildman–Crippen MR) is 120 cm³/mol. The number of sulfonamides is 1. The SMILES string of the molecule is COC(=O)C(Cc1ccc(-n2c(C)nn(CCC3CCNCC3)c2=O)cc1)NS(C)(=O)=O. The highest BCUT2D eigenvalue weighted by molar-refractivity contribution is 7.88. The van der Waals surface area contributed by atoms with Crippen molar-refractivity contribution < 1.29 is 17.9 Å². The summed E-state index contributed by atoms with van der Waals surface area (Å²) in [4.78, 5) is 24.9. The van der Waals surface area contributed by atoms with Gasteiger partial charge >= 0.3 is 11.7 Å². The van der Waals surface area contributed by atoms with Gasteiger partial charge in [-0.3, -0.25) is 4.79 Å².